The Morgan fingerprint density at radius 1 is 1.47 bits per heavy atom. The van der Waals surface area contributed by atoms with Crippen molar-refractivity contribution >= 4 is 29.3 Å². The van der Waals surface area contributed by atoms with Crippen LogP contribution in [0.25, 0.3) is 0 Å². The molecule has 104 valence electrons. The number of carboxylic acid groups (broad SMARTS) is 1. The molecule has 0 bridgehead atoms. The Labute approximate surface area is 123 Å². The molecular weight excluding hydrogens is 280 g/mol. The van der Waals surface area contributed by atoms with Gasteiger partial charge in [-0.05, 0) is 36.5 Å². The molecule has 2 unspecified atom stereocenters. The van der Waals surface area contributed by atoms with Crippen LogP contribution in [0.2, 0.25) is 5.02 Å². The lowest BCUT2D eigenvalue weighted by Crippen LogP contribution is -2.15. The van der Waals surface area contributed by atoms with Crippen molar-refractivity contribution in [3.05, 3.63) is 34.3 Å². The Hall–Kier alpha value is -0.670. The number of hydrogen-bond acceptors (Lipinski definition) is 2. The van der Waals surface area contributed by atoms with E-state index in [1.54, 1.807) is 12.1 Å². The summed E-state index contributed by atoms with van der Waals surface area (Å²) in [6.07, 6.45) is 5.25. The Morgan fingerprint density at radius 3 is 2.89 bits per heavy atom. The highest BCUT2D eigenvalue weighted by Crippen LogP contribution is 2.34. The van der Waals surface area contributed by atoms with Crippen LogP contribution in [0.15, 0.2) is 18.2 Å². The number of carbonyl (C=O) groups is 1. The summed E-state index contributed by atoms with van der Waals surface area (Å²) in [7, 11) is 0. The number of aromatic carboxylic acids is 1. The quantitative estimate of drug-likeness (QED) is 0.863. The van der Waals surface area contributed by atoms with Crippen molar-refractivity contribution in [2.45, 2.75) is 43.6 Å². The summed E-state index contributed by atoms with van der Waals surface area (Å²) in [6.45, 7) is 2.32. The van der Waals surface area contributed by atoms with E-state index < -0.39 is 5.97 Å². The summed E-state index contributed by atoms with van der Waals surface area (Å²) in [6, 6.07) is 5.02. The van der Waals surface area contributed by atoms with Crippen LogP contribution in [0, 0.1) is 5.92 Å². The van der Waals surface area contributed by atoms with Gasteiger partial charge in [0.1, 0.15) is 0 Å². The number of carboxylic acids is 1. The first-order valence-electron chi connectivity index (χ1n) is 6.69. The number of hydrogen-bond donors (Lipinski definition) is 1. The van der Waals surface area contributed by atoms with Crippen molar-refractivity contribution in [1.29, 1.82) is 0 Å². The molecule has 0 amide bonds. The third-order valence-electron chi connectivity index (χ3n) is 3.66. The van der Waals surface area contributed by atoms with Gasteiger partial charge in [-0.15, -0.1) is 0 Å². The molecule has 1 aromatic rings. The highest BCUT2D eigenvalue weighted by molar-refractivity contribution is 7.99. The summed E-state index contributed by atoms with van der Waals surface area (Å²) in [5, 5.41) is 10.2. The molecule has 1 aliphatic rings. The molecule has 1 aliphatic carbocycles. The highest BCUT2D eigenvalue weighted by atomic mass is 35.5. The average molecular weight is 299 g/mol. The smallest absolute Gasteiger partial charge is 0.335 e. The minimum atomic E-state index is -0.929. The molecule has 0 saturated heterocycles. The van der Waals surface area contributed by atoms with Gasteiger partial charge < -0.3 is 5.11 Å². The Kier molecular flexibility index (Phi) is 5.17. The highest BCUT2D eigenvalue weighted by Gasteiger charge is 2.19. The predicted molar refractivity (Wildman–Crippen MR) is 81.1 cm³/mol. The topological polar surface area (TPSA) is 37.3 Å². The van der Waals surface area contributed by atoms with Gasteiger partial charge in [0.25, 0.3) is 0 Å². The van der Waals surface area contributed by atoms with E-state index in [9.17, 15) is 4.79 Å². The zero-order chi connectivity index (χ0) is 13.8. The van der Waals surface area contributed by atoms with E-state index in [4.69, 9.17) is 16.7 Å². The van der Waals surface area contributed by atoms with Gasteiger partial charge in [0.2, 0.25) is 0 Å². The lowest BCUT2D eigenvalue weighted by Gasteiger charge is -2.26. The second-order valence-electron chi connectivity index (χ2n) is 5.32. The number of rotatable bonds is 4. The number of benzene rings is 1. The van der Waals surface area contributed by atoms with E-state index in [1.165, 1.54) is 25.7 Å². The molecule has 0 aliphatic heterocycles. The molecule has 19 heavy (non-hydrogen) atoms. The zero-order valence-electron chi connectivity index (χ0n) is 11.1. The van der Waals surface area contributed by atoms with Crippen LogP contribution >= 0.6 is 23.4 Å². The van der Waals surface area contributed by atoms with Crippen LogP contribution in [0.4, 0.5) is 0 Å². The van der Waals surface area contributed by atoms with Crippen molar-refractivity contribution in [2.24, 2.45) is 5.92 Å². The SMILES string of the molecule is CC1CCCC(SCc2ccc(C(=O)O)cc2Cl)C1. The standard InChI is InChI=1S/C15H19ClO2S/c1-10-3-2-4-13(7-10)19-9-12-6-5-11(15(17)18)8-14(12)16/h5-6,8,10,13H,2-4,7,9H2,1H3,(H,17,18). The summed E-state index contributed by atoms with van der Waals surface area (Å²) in [5.41, 5.74) is 1.29. The van der Waals surface area contributed by atoms with E-state index in [0.29, 0.717) is 5.02 Å². The van der Waals surface area contributed by atoms with E-state index >= 15 is 0 Å². The molecule has 1 aromatic carbocycles. The first-order chi connectivity index (χ1) is 9.06. The molecule has 0 radical (unpaired) electrons. The fraction of sp³-hybridized carbons (Fsp3) is 0.533. The Morgan fingerprint density at radius 2 is 2.26 bits per heavy atom. The van der Waals surface area contributed by atoms with Crippen LogP contribution in [0.5, 0.6) is 0 Å². The van der Waals surface area contributed by atoms with Gasteiger partial charge in [-0.1, -0.05) is 37.4 Å². The van der Waals surface area contributed by atoms with Gasteiger partial charge in [0, 0.05) is 16.0 Å². The second kappa shape index (κ2) is 6.67. The van der Waals surface area contributed by atoms with Gasteiger partial charge >= 0.3 is 5.97 Å². The largest absolute Gasteiger partial charge is 0.478 e. The first kappa shape index (κ1) is 14.7. The monoisotopic (exact) mass is 298 g/mol. The summed E-state index contributed by atoms with van der Waals surface area (Å²) >= 11 is 8.09. The molecule has 4 heteroatoms. The molecule has 2 rings (SSSR count). The van der Waals surface area contributed by atoms with E-state index in [0.717, 1.165) is 22.5 Å². The minimum Gasteiger partial charge on any atom is -0.478 e. The zero-order valence-corrected chi connectivity index (χ0v) is 12.6. The van der Waals surface area contributed by atoms with Crippen molar-refractivity contribution in [3.63, 3.8) is 0 Å². The molecule has 1 N–H and O–H groups in total. The number of thioether (sulfide) groups is 1. The summed E-state index contributed by atoms with van der Waals surface area (Å²) in [4.78, 5) is 10.8. The molecule has 2 atom stereocenters. The molecule has 0 aromatic heterocycles. The third-order valence-corrected chi connectivity index (χ3v) is 5.39. The maximum absolute atomic E-state index is 10.8. The number of halogens is 1. The molecule has 0 spiro atoms. The van der Waals surface area contributed by atoms with Gasteiger partial charge in [-0.3, -0.25) is 0 Å². The Balaban J connectivity index is 1.94. The van der Waals surface area contributed by atoms with Crippen LogP contribution in [-0.2, 0) is 5.75 Å². The maximum atomic E-state index is 10.8. The second-order valence-corrected chi connectivity index (χ2v) is 7.01. The third kappa shape index (κ3) is 4.15. The lowest BCUT2D eigenvalue weighted by atomic mass is 9.91. The van der Waals surface area contributed by atoms with E-state index in [2.05, 4.69) is 6.92 Å². The molecule has 1 fully saturated rings. The van der Waals surface area contributed by atoms with E-state index in [1.807, 2.05) is 17.8 Å². The molecule has 0 heterocycles. The summed E-state index contributed by atoms with van der Waals surface area (Å²) in [5.74, 6) is 0.772. The lowest BCUT2D eigenvalue weighted by molar-refractivity contribution is 0.0697. The molecule has 2 nitrogen and oxygen atoms in total. The van der Waals surface area contributed by atoms with Crippen LogP contribution < -0.4 is 0 Å². The van der Waals surface area contributed by atoms with Crippen molar-refractivity contribution < 1.29 is 9.90 Å². The predicted octanol–water partition coefficient (Wildman–Crippen LogP) is 4.85. The van der Waals surface area contributed by atoms with E-state index in [-0.39, 0.29) is 5.56 Å². The van der Waals surface area contributed by atoms with Gasteiger partial charge in [-0.2, -0.15) is 11.8 Å². The van der Waals surface area contributed by atoms with Crippen molar-refractivity contribution in [3.8, 4) is 0 Å². The maximum Gasteiger partial charge on any atom is 0.335 e. The van der Waals surface area contributed by atoms with Gasteiger partial charge in [-0.25, -0.2) is 4.79 Å². The van der Waals surface area contributed by atoms with Crippen molar-refractivity contribution in [2.75, 3.05) is 0 Å². The minimum absolute atomic E-state index is 0.255. The average Bonchev–Trinajstić information content (AvgIpc) is 2.37. The normalized spacial score (nSPS) is 23.3. The van der Waals surface area contributed by atoms with Gasteiger partial charge in [0.15, 0.2) is 0 Å². The first-order valence-corrected chi connectivity index (χ1v) is 8.12. The molecule has 1 saturated carbocycles. The van der Waals surface area contributed by atoms with Gasteiger partial charge in [0.05, 0.1) is 5.56 Å². The summed E-state index contributed by atoms with van der Waals surface area (Å²) < 4.78 is 0. The molecular formula is C15H19ClO2S. The van der Waals surface area contributed by atoms with Crippen molar-refractivity contribution in [1.82, 2.24) is 0 Å². The van der Waals surface area contributed by atoms with Crippen LogP contribution in [-0.4, -0.2) is 16.3 Å². The fourth-order valence-corrected chi connectivity index (χ4v) is 4.33. The van der Waals surface area contributed by atoms with Crippen LogP contribution in [0.3, 0.4) is 0 Å². The Bertz CT molecular complexity index is 461. The van der Waals surface area contributed by atoms with Crippen LogP contribution in [0.1, 0.15) is 48.5 Å². The fourth-order valence-electron chi connectivity index (χ4n) is 2.53.